The Morgan fingerprint density at radius 1 is 1.04 bits per heavy atom. The second-order valence-corrected chi connectivity index (χ2v) is 7.92. The molecule has 1 heterocycles. The Hall–Kier alpha value is -1.34. The maximum absolute atomic E-state index is 12.5. The standard InChI is InChI=1S/C19H32N4O3.ClH/c24-16(21-13-12-20-15-7-3-1-2-4-8-15)9-14-23-17(25)19(22-18(23)26)10-5-6-11-19;/h15,20H,1-14H2,(H,21,24)(H,22,26);1H. The number of rotatable bonds is 7. The Kier molecular flexibility index (Phi) is 8.35. The Labute approximate surface area is 167 Å². The van der Waals surface area contributed by atoms with Gasteiger partial charge in [-0.1, -0.05) is 38.5 Å². The fourth-order valence-electron chi connectivity index (χ4n) is 4.46. The van der Waals surface area contributed by atoms with Crippen LogP contribution in [0.2, 0.25) is 0 Å². The molecule has 4 amide bonds. The lowest BCUT2D eigenvalue weighted by atomic mass is 9.98. The number of hydrogen-bond acceptors (Lipinski definition) is 4. The molecule has 7 nitrogen and oxygen atoms in total. The molecule has 2 saturated carbocycles. The maximum atomic E-state index is 12.5. The second-order valence-electron chi connectivity index (χ2n) is 7.92. The number of imide groups is 1. The van der Waals surface area contributed by atoms with Crippen LogP contribution in [0.5, 0.6) is 0 Å². The molecule has 2 aliphatic carbocycles. The van der Waals surface area contributed by atoms with Crippen LogP contribution in [0, 0.1) is 0 Å². The predicted molar refractivity (Wildman–Crippen MR) is 106 cm³/mol. The third kappa shape index (κ3) is 5.57. The van der Waals surface area contributed by atoms with Crippen molar-refractivity contribution in [2.75, 3.05) is 19.6 Å². The van der Waals surface area contributed by atoms with E-state index < -0.39 is 5.54 Å². The zero-order valence-electron chi connectivity index (χ0n) is 16.1. The quantitative estimate of drug-likeness (QED) is 0.346. The van der Waals surface area contributed by atoms with E-state index in [4.69, 9.17) is 0 Å². The monoisotopic (exact) mass is 400 g/mol. The Morgan fingerprint density at radius 2 is 1.70 bits per heavy atom. The number of carbonyl (C=O) groups is 3. The van der Waals surface area contributed by atoms with Gasteiger partial charge in [0.2, 0.25) is 5.91 Å². The average Bonchev–Trinajstić information content (AvgIpc) is 3.06. The van der Waals surface area contributed by atoms with Crippen molar-refractivity contribution in [3.05, 3.63) is 0 Å². The van der Waals surface area contributed by atoms with Gasteiger partial charge in [-0.05, 0) is 25.7 Å². The van der Waals surface area contributed by atoms with Crippen molar-refractivity contribution in [1.82, 2.24) is 20.9 Å². The van der Waals surface area contributed by atoms with Gasteiger partial charge in [-0.25, -0.2) is 4.79 Å². The summed E-state index contributed by atoms with van der Waals surface area (Å²) in [5.74, 6) is -0.261. The zero-order valence-corrected chi connectivity index (χ0v) is 16.9. The van der Waals surface area contributed by atoms with Gasteiger partial charge in [0.1, 0.15) is 5.54 Å². The SMILES string of the molecule is Cl.O=C(CCN1C(=O)NC2(CCCC2)C1=O)NCCNC1CCCCCC1. The molecule has 27 heavy (non-hydrogen) atoms. The number of nitrogens with zero attached hydrogens (tertiary/aromatic N) is 1. The molecule has 1 saturated heterocycles. The van der Waals surface area contributed by atoms with E-state index in [2.05, 4.69) is 16.0 Å². The molecule has 1 spiro atoms. The van der Waals surface area contributed by atoms with Crippen LogP contribution in [0.25, 0.3) is 0 Å². The fraction of sp³-hybridized carbons (Fsp3) is 0.842. The first-order valence-corrected chi connectivity index (χ1v) is 10.2. The van der Waals surface area contributed by atoms with Gasteiger partial charge in [-0.3, -0.25) is 14.5 Å². The third-order valence-corrected chi connectivity index (χ3v) is 6.00. The predicted octanol–water partition coefficient (Wildman–Crippen LogP) is 2.09. The van der Waals surface area contributed by atoms with Crippen molar-refractivity contribution in [1.29, 1.82) is 0 Å². The van der Waals surface area contributed by atoms with E-state index in [0.717, 1.165) is 19.4 Å². The number of amides is 4. The summed E-state index contributed by atoms with van der Waals surface area (Å²) >= 11 is 0. The Balaban J connectivity index is 0.00000261. The maximum Gasteiger partial charge on any atom is 0.325 e. The van der Waals surface area contributed by atoms with E-state index >= 15 is 0 Å². The molecule has 8 heteroatoms. The summed E-state index contributed by atoms with van der Waals surface area (Å²) in [6.07, 6.45) is 11.2. The average molecular weight is 401 g/mol. The summed E-state index contributed by atoms with van der Waals surface area (Å²) in [7, 11) is 0. The van der Waals surface area contributed by atoms with Gasteiger partial charge in [0.15, 0.2) is 0 Å². The largest absolute Gasteiger partial charge is 0.355 e. The lowest BCUT2D eigenvalue weighted by Crippen LogP contribution is -2.44. The van der Waals surface area contributed by atoms with Crippen LogP contribution in [0.1, 0.15) is 70.6 Å². The van der Waals surface area contributed by atoms with Crippen LogP contribution in [-0.2, 0) is 9.59 Å². The van der Waals surface area contributed by atoms with Crippen molar-refractivity contribution in [3.8, 4) is 0 Å². The molecule has 0 atom stereocenters. The lowest BCUT2D eigenvalue weighted by Gasteiger charge is -2.20. The van der Waals surface area contributed by atoms with Crippen molar-refractivity contribution in [3.63, 3.8) is 0 Å². The first-order chi connectivity index (χ1) is 12.6. The molecule has 154 valence electrons. The van der Waals surface area contributed by atoms with Crippen LogP contribution in [0.3, 0.4) is 0 Å². The van der Waals surface area contributed by atoms with E-state index in [1.807, 2.05) is 0 Å². The number of nitrogens with one attached hydrogen (secondary N) is 3. The summed E-state index contributed by atoms with van der Waals surface area (Å²) in [6.45, 7) is 1.51. The number of carbonyl (C=O) groups excluding carboxylic acids is 3. The summed E-state index contributed by atoms with van der Waals surface area (Å²) in [5.41, 5.74) is -0.684. The molecule has 0 unspecified atom stereocenters. The van der Waals surface area contributed by atoms with Crippen LogP contribution in [-0.4, -0.2) is 54.0 Å². The Morgan fingerprint density at radius 3 is 2.37 bits per heavy atom. The minimum Gasteiger partial charge on any atom is -0.355 e. The van der Waals surface area contributed by atoms with Crippen molar-refractivity contribution < 1.29 is 14.4 Å². The molecule has 0 aromatic rings. The molecular formula is C19H33ClN4O3. The van der Waals surface area contributed by atoms with Gasteiger partial charge < -0.3 is 16.0 Å². The highest BCUT2D eigenvalue weighted by atomic mass is 35.5. The number of urea groups is 1. The van der Waals surface area contributed by atoms with Crippen molar-refractivity contribution >= 4 is 30.3 Å². The van der Waals surface area contributed by atoms with Gasteiger partial charge in [-0.2, -0.15) is 0 Å². The first kappa shape index (κ1) is 22.0. The van der Waals surface area contributed by atoms with Gasteiger partial charge in [0.05, 0.1) is 0 Å². The van der Waals surface area contributed by atoms with Crippen LogP contribution in [0.4, 0.5) is 4.79 Å². The minimum absolute atomic E-state index is 0. The highest BCUT2D eigenvalue weighted by molar-refractivity contribution is 6.07. The first-order valence-electron chi connectivity index (χ1n) is 10.2. The lowest BCUT2D eigenvalue weighted by molar-refractivity contribution is -0.131. The van der Waals surface area contributed by atoms with Gasteiger partial charge in [0.25, 0.3) is 5.91 Å². The van der Waals surface area contributed by atoms with E-state index in [1.54, 1.807) is 0 Å². The molecule has 3 fully saturated rings. The van der Waals surface area contributed by atoms with Crippen LogP contribution >= 0.6 is 12.4 Å². The van der Waals surface area contributed by atoms with Gasteiger partial charge in [0, 0.05) is 32.1 Å². The molecule has 0 bridgehead atoms. The van der Waals surface area contributed by atoms with E-state index in [0.29, 0.717) is 25.4 Å². The van der Waals surface area contributed by atoms with E-state index in [1.165, 1.54) is 43.4 Å². The number of hydrogen-bond donors (Lipinski definition) is 3. The Bertz CT molecular complexity index is 529. The van der Waals surface area contributed by atoms with Gasteiger partial charge in [-0.15, -0.1) is 12.4 Å². The van der Waals surface area contributed by atoms with Gasteiger partial charge >= 0.3 is 6.03 Å². The summed E-state index contributed by atoms with van der Waals surface area (Å²) in [6, 6.07) is 0.225. The molecule has 0 aromatic heterocycles. The van der Waals surface area contributed by atoms with Crippen molar-refractivity contribution in [2.45, 2.75) is 82.2 Å². The molecular weight excluding hydrogens is 368 g/mol. The highest BCUT2D eigenvalue weighted by Gasteiger charge is 2.52. The summed E-state index contributed by atoms with van der Waals surface area (Å²) < 4.78 is 0. The third-order valence-electron chi connectivity index (χ3n) is 6.00. The number of halogens is 1. The molecule has 1 aliphatic heterocycles. The zero-order chi connectivity index (χ0) is 18.4. The van der Waals surface area contributed by atoms with E-state index in [9.17, 15) is 14.4 Å². The van der Waals surface area contributed by atoms with E-state index in [-0.39, 0.29) is 43.2 Å². The second kappa shape index (κ2) is 10.3. The molecule has 0 radical (unpaired) electrons. The minimum atomic E-state index is -0.684. The molecule has 3 aliphatic rings. The highest BCUT2D eigenvalue weighted by Crippen LogP contribution is 2.34. The van der Waals surface area contributed by atoms with Crippen LogP contribution < -0.4 is 16.0 Å². The van der Waals surface area contributed by atoms with Crippen molar-refractivity contribution in [2.24, 2.45) is 0 Å². The smallest absolute Gasteiger partial charge is 0.325 e. The van der Waals surface area contributed by atoms with Crippen LogP contribution in [0.15, 0.2) is 0 Å². The molecule has 3 rings (SSSR count). The summed E-state index contributed by atoms with van der Waals surface area (Å²) in [4.78, 5) is 37.8. The normalized spacial score (nSPS) is 22.4. The topological polar surface area (TPSA) is 90.5 Å². The molecule has 3 N–H and O–H groups in total. The molecule has 0 aromatic carbocycles. The summed E-state index contributed by atoms with van der Waals surface area (Å²) in [5, 5.41) is 9.24. The fourth-order valence-corrected chi connectivity index (χ4v) is 4.46.